The fourth-order valence-electron chi connectivity index (χ4n) is 4.36. The fourth-order valence-corrected chi connectivity index (χ4v) is 5.06. The number of nitrogens with zero attached hydrogens (tertiary/aromatic N) is 1. The predicted octanol–water partition coefficient (Wildman–Crippen LogP) is 5.18. The van der Waals surface area contributed by atoms with Crippen LogP contribution in [0, 0.1) is 0 Å². The Bertz CT molecular complexity index is 1320. The molecular weight excluding hydrogens is 494 g/mol. The summed E-state index contributed by atoms with van der Waals surface area (Å²) in [6, 6.07) is 13.1. The molecule has 9 heteroatoms. The number of benzene rings is 2. The van der Waals surface area contributed by atoms with Gasteiger partial charge in [0.1, 0.15) is 17.3 Å². The van der Waals surface area contributed by atoms with Crippen LogP contribution in [-0.4, -0.2) is 49.1 Å². The third kappa shape index (κ3) is 5.13. The van der Waals surface area contributed by atoms with Crippen LogP contribution in [0.5, 0.6) is 23.0 Å². The normalized spacial score (nSPS) is 16.6. The number of rotatable bonds is 10. The van der Waals surface area contributed by atoms with Gasteiger partial charge in [-0.05, 0) is 55.1 Å². The number of ketones is 1. The molecule has 1 amide bonds. The topological polar surface area (TPSA) is 94.5 Å². The van der Waals surface area contributed by atoms with Crippen LogP contribution in [0.3, 0.4) is 0 Å². The van der Waals surface area contributed by atoms with Crippen molar-refractivity contribution in [2.24, 2.45) is 0 Å². The average Bonchev–Trinajstić information content (AvgIpc) is 3.51. The first-order valence-electron chi connectivity index (χ1n) is 11.9. The van der Waals surface area contributed by atoms with E-state index in [4.69, 9.17) is 18.9 Å². The first-order valence-corrected chi connectivity index (χ1v) is 12.7. The van der Waals surface area contributed by atoms with Gasteiger partial charge in [-0.1, -0.05) is 12.1 Å². The maximum atomic E-state index is 13.4. The van der Waals surface area contributed by atoms with Crippen LogP contribution >= 0.6 is 11.3 Å². The molecule has 1 N–H and O–H groups in total. The number of Topliss-reactive ketones (excluding diaryl/α,β-unsaturated/α-hetero) is 1. The molecule has 0 saturated carbocycles. The molecule has 1 fully saturated rings. The van der Waals surface area contributed by atoms with E-state index in [-0.39, 0.29) is 17.9 Å². The minimum atomic E-state index is -0.858. The number of aliphatic hydroxyl groups is 1. The van der Waals surface area contributed by atoms with Gasteiger partial charge in [0, 0.05) is 10.9 Å². The number of hydrogen-bond donors (Lipinski definition) is 1. The van der Waals surface area contributed by atoms with E-state index in [1.165, 1.54) is 30.5 Å². The highest BCUT2D eigenvalue weighted by atomic mass is 32.1. The van der Waals surface area contributed by atoms with E-state index in [1.807, 2.05) is 31.4 Å². The second-order valence-corrected chi connectivity index (χ2v) is 9.18. The summed E-state index contributed by atoms with van der Waals surface area (Å²) in [6.07, 6.45) is 0. The van der Waals surface area contributed by atoms with E-state index in [1.54, 1.807) is 36.4 Å². The molecule has 194 valence electrons. The lowest BCUT2D eigenvalue weighted by Gasteiger charge is -2.25. The Hall–Kier alpha value is -3.98. The third-order valence-corrected chi connectivity index (χ3v) is 6.85. The molecule has 4 rings (SSSR count). The highest BCUT2D eigenvalue weighted by Crippen LogP contribution is 2.44. The molecular formula is C28H29NO7S. The summed E-state index contributed by atoms with van der Waals surface area (Å²) in [6.45, 7) is 4.69. The summed E-state index contributed by atoms with van der Waals surface area (Å²) >= 11 is 1.48. The average molecular weight is 524 g/mol. The van der Waals surface area contributed by atoms with Crippen molar-refractivity contribution in [3.05, 3.63) is 75.5 Å². The van der Waals surface area contributed by atoms with Gasteiger partial charge in [-0.2, -0.15) is 0 Å². The number of carbonyl (C=O) groups excluding carboxylic acids is 2. The fraction of sp³-hybridized carbons (Fsp3) is 0.286. The summed E-state index contributed by atoms with van der Waals surface area (Å²) in [5, 5.41) is 13.5. The highest BCUT2D eigenvalue weighted by molar-refractivity contribution is 7.09. The van der Waals surface area contributed by atoms with Crippen LogP contribution in [0.1, 0.15) is 35.9 Å². The first kappa shape index (κ1) is 26.1. The maximum absolute atomic E-state index is 13.4. The maximum Gasteiger partial charge on any atom is 0.295 e. The number of thiophene rings is 1. The van der Waals surface area contributed by atoms with Crippen molar-refractivity contribution in [3.63, 3.8) is 0 Å². The standard InChI is InChI=1S/C28H29NO7S/c1-5-35-18-10-11-20(22(15-18)36-6-2)26(30)24-25(17-9-12-21(33-3)23(14-17)34-4)29(28(32)27(24)31)16-19-8-7-13-37-19/h7-15,25,30H,5-6,16H2,1-4H3/b26-24+. The molecule has 3 aromatic rings. The zero-order chi connectivity index (χ0) is 26.5. The van der Waals surface area contributed by atoms with Crippen molar-refractivity contribution in [1.29, 1.82) is 0 Å². The van der Waals surface area contributed by atoms with Crippen LogP contribution < -0.4 is 18.9 Å². The molecule has 0 aliphatic carbocycles. The zero-order valence-electron chi connectivity index (χ0n) is 21.1. The molecule has 1 saturated heterocycles. The molecule has 8 nitrogen and oxygen atoms in total. The second kappa shape index (κ2) is 11.4. The first-order chi connectivity index (χ1) is 17.9. The lowest BCUT2D eigenvalue weighted by Crippen LogP contribution is -2.28. The van der Waals surface area contributed by atoms with Crippen LogP contribution in [0.25, 0.3) is 5.76 Å². The lowest BCUT2D eigenvalue weighted by molar-refractivity contribution is -0.140. The molecule has 1 aromatic heterocycles. The molecule has 0 bridgehead atoms. The molecule has 1 atom stereocenters. The molecule has 0 spiro atoms. The Morgan fingerprint density at radius 2 is 1.70 bits per heavy atom. The molecule has 1 aliphatic rings. The second-order valence-electron chi connectivity index (χ2n) is 8.14. The van der Waals surface area contributed by atoms with Crippen LogP contribution in [-0.2, 0) is 16.1 Å². The van der Waals surface area contributed by atoms with E-state index < -0.39 is 17.7 Å². The van der Waals surface area contributed by atoms with E-state index in [2.05, 4.69) is 0 Å². The minimum absolute atomic E-state index is 0.0288. The summed E-state index contributed by atoms with van der Waals surface area (Å²) in [5.74, 6) is 0.0741. The van der Waals surface area contributed by atoms with Crippen molar-refractivity contribution in [1.82, 2.24) is 4.90 Å². The monoisotopic (exact) mass is 523 g/mol. The number of aliphatic hydroxyl groups excluding tert-OH is 1. The van der Waals surface area contributed by atoms with E-state index in [0.717, 1.165) is 4.88 Å². The van der Waals surface area contributed by atoms with Crippen molar-refractivity contribution in [2.75, 3.05) is 27.4 Å². The van der Waals surface area contributed by atoms with Crippen LogP contribution in [0.15, 0.2) is 59.5 Å². The molecule has 1 unspecified atom stereocenters. The van der Waals surface area contributed by atoms with E-state index >= 15 is 0 Å². The summed E-state index contributed by atoms with van der Waals surface area (Å²) < 4.78 is 22.2. The summed E-state index contributed by atoms with van der Waals surface area (Å²) in [5.41, 5.74) is 0.864. The number of methoxy groups -OCH3 is 2. The van der Waals surface area contributed by atoms with Crippen molar-refractivity contribution in [2.45, 2.75) is 26.4 Å². The Balaban J connectivity index is 1.91. The molecule has 37 heavy (non-hydrogen) atoms. The van der Waals surface area contributed by atoms with Crippen molar-refractivity contribution in [3.8, 4) is 23.0 Å². The van der Waals surface area contributed by atoms with Gasteiger partial charge in [0.15, 0.2) is 11.5 Å². The lowest BCUT2D eigenvalue weighted by atomic mass is 9.94. The number of ether oxygens (including phenoxy) is 4. The van der Waals surface area contributed by atoms with Gasteiger partial charge >= 0.3 is 0 Å². The number of amides is 1. The Morgan fingerprint density at radius 3 is 2.35 bits per heavy atom. The van der Waals surface area contributed by atoms with E-state index in [0.29, 0.717) is 47.3 Å². The SMILES string of the molecule is CCOc1ccc(/C(O)=C2\C(=O)C(=O)N(Cc3cccs3)C2c2ccc(OC)c(OC)c2)c(OCC)c1. The largest absolute Gasteiger partial charge is 0.507 e. The molecule has 0 radical (unpaired) electrons. The number of likely N-dealkylation sites (tertiary alicyclic amines) is 1. The molecule has 2 heterocycles. The number of carbonyl (C=O) groups is 2. The van der Waals surface area contributed by atoms with Gasteiger partial charge in [-0.3, -0.25) is 9.59 Å². The zero-order valence-corrected chi connectivity index (χ0v) is 22.0. The van der Waals surface area contributed by atoms with Crippen molar-refractivity contribution < 1.29 is 33.6 Å². The number of hydrogen-bond acceptors (Lipinski definition) is 8. The van der Waals surface area contributed by atoms with Gasteiger partial charge in [-0.25, -0.2) is 0 Å². The Kier molecular flexibility index (Phi) is 8.03. The van der Waals surface area contributed by atoms with Crippen LogP contribution in [0.4, 0.5) is 0 Å². The molecule has 2 aromatic carbocycles. The van der Waals surface area contributed by atoms with Crippen molar-refractivity contribution >= 4 is 28.8 Å². The predicted molar refractivity (Wildman–Crippen MR) is 140 cm³/mol. The quantitative estimate of drug-likeness (QED) is 0.222. The summed E-state index contributed by atoms with van der Waals surface area (Å²) in [7, 11) is 3.04. The smallest absolute Gasteiger partial charge is 0.295 e. The van der Waals surface area contributed by atoms with Gasteiger partial charge in [0.25, 0.3) is 11.7 Å². The van der Waals surface area contributed by atoms with Crippen LogP contribution in [0.2, 0.25) is 0 Å². The highest BCUT2D eigenvalue weighted by Gasteiger charge is 2.46. The van der Waals surface area contributed by atoms with Gasteiger partial charge < -0.3 is 29.0 Å². The van der Waals surface area contributed by atoms with Gasteiger partial charge in [-0.15, -0.1) is 11.3 Å². The third-order valence-electron chi connectivity index (χ3n) is 5.99. The van der Waals surface area contributed by atoms with E-state index in [9.17, 15) is 14.7 Å². The minimum Gasteiger partial charge on any atom is -0.507 e. The Labute approximate surface area is 219 Å². The van der Waals surface area contributed by atoms with Gasteiger partial charge in [0.2, 0.25) is 0 Å². The van der Waals surface area contributed by atoms with Gasteiger partial charge in [0.05, 0.1) is 51.2 Å². The summed E-state index contributed by atoms with van der Waals surface area (Å²) in [4.78, 5) is 29.1. The molecule has 1 aliphatic heterocycles. The Morgan fingerprint density at radius 1 is 0.946 bits per heavy atom.